The van der Waals surface area contributed by atoms with Gasteiger partial charge in [0.15, 0.2) is 0 Å². The van der Waals surface area contributed by atoms with Crippen molar-refractivity contribution in [3.63, 3.8) is 0 Å². The highest BCUT2D eigenvalue weighted by molar-refractivity contribution is 7.15. The number of hydrogen-bond donors (Lipinski definition) is 5. The number of rotatable bonds is 13. The molecule has 3 heterocycles. The fourth-order valence-electron chi connectivity index (χ4n) is 2.74. The third-order valence-corrected chi connectivity index (χ3v) is 5.46. The number of cyclic esters (lactones) is 2. The van der Waals surface area contributed by atoms with Gasteiger partial charge in [-0.15, -0.1) is 9.24 Å². The largest absolute Gasteiger partial charge is 0.508 e. The molecular weight excluding hydrogens is 700 g/mol. The second kappa shape index (κ2) is 57.2. The number of carbonyl (C=O) groups excluding carboxylic acids is 3. The number of aromatic nitrogens is 1. The van der Waals surface area contributed by atoms with Crippen LogP contribution < -0.4 is 21.7 Å². The van der Waals surface area contributed by atoms with Crippen molar-refractivity contribution >= 4 is 36.4 Å². The van der Waals surface area contributed by atoms with Crippen LogP contribution in [0.5, 0.6) is 0 Å². The number of nitrogens with one attached hydrogen (secondary N) is 1. The molecule has 0 aliphatic carbocycles. The van der Waals surface area contributed by atoms with E-state index in [4.69, 9.17) is 40.6 Å². The maximum Gasteiger partial charge on any atom is 0.508 e. The molecule has 0 aromatic carbocycles. The van der Waals surface area contributed by atoms with Gasteiger partial charge in [-0.3, -0.25) is 9.55 Å². The summed E-state index contributed by atoms with van der Waals surface area (Å²) in [6, 6.07) is 3.94. The van der Waals surface area contributed by atoms with Gasteiger partial charge >= 0.3 is 12.3 Å². The summed E-state index contributed by atoms with van der Waals surface area (Å²) >= 11 is 0. The Morgan fingerprint density at radius 1 is 0.922 bits per heavy atom. The van der Waals surface area contributed by atoms with E-state index in [0.29, 0.717) is 19.3 Å². The highest BCUT2D eigenvalue weighted by atomic mass is 31.0. The van der Waals surface area contributed by atoms with Crippen LogP contribution in [0.3, 0.4) is 0 Å². The van der Waals surface area contributed by atoms with Gasteiger partial charge in [0.2, 0.25) is 0 Å². The fourth-order valence-corrected chi connectivity index (χ4v) is 2.74. The molecule has 1 aromatic rings. The highest BCUT2D eigenvalue weighted by Gasteiger charge is 2.19. The molecule has 3 unspecified atom stereocenters. The Balaban J connectivity index is -0.0000000895. The molecule has 7 N–H and O–H groups in total. The summed E-state index contributed by atoms with van der Waals surface area (Å²) in [6.07, 6.45) is 5.02. The second-order valence-corrected chi connectivity index (χ2v) is 9.92. The molecule has 0 spiro atoms. The number of anilines is 1. The second-order valence-electron chi connectivity index (χ2n) is 9.92. The predicted molar refractivity (Wildman–Crippen MR) is 213 cm³/mol. The van der Waals surface area contributed by atoms with Crippen LogP contribution in [0.25, 0.3) is 0 Å². The minimum atomic E-state index is -0.549. The number of carbonyl (C=O) groups is 1. The molecule has 51 heavy (non-hydrogen) atoms. The third-order valence-electron chi connectivity index (χ3n) is 5.46. The van der Waals surface area contributed by atoms with Crippen LogP contribution in [0, 0.1) is 0 Å². The van der Waals surface area contributed by atoms with Crippen LogP contribution in [-0.4, -0.2) is 163 Å². The molecule has 306 valence electrons. The number of aliphatic hydroxyl groups excluding tert-OH is 2. The normalized spacial score (nSPS) is 13.7. The van der Waals surface area contributed by atoms with Gasteiger partial charge in [0.05, 0.1) is 25.9 Å². The SMILES string of the molecule is C.CC1CO1.CC1COC(=O)O1.CCCNCCN(C)CCN.CCN(CC)CCO.CN(C)c1ccncc1.CP.NCCO.O=C=O.O=P. The number of nitrogens with two attached hydrogens (primary N) is 2. The average Bonchev–Trinajstić information content (AvgIpc) is 3.83. The molecule has 3 atom stereocenters. The summed E-state index contributed by atoms with van der Waals surface area (Å²) < 4.78 is 21.7. The van der Waals surface area contributed by atoms with E-state index in [2.05, 4.69) is 73.6 Å². The van der Waals surface area contributed by atoms with Crippen molar-refractivity contribution in [2.45, 2.75) is 60.7 Å². The number of nitrogens with zero attached hydrogens (tertiary/aromatic N) is 4. The minimum absolute atomic E-state index is 0. The molecule has 0 amide bonds. The van der Waals surface area contributed by atoms with Crippen molar-refractivity contribution in [2.24, 2.45) is 11.5 Å². The number of pyridine rings is 1. The lowest BCUT2D eigenvalue weighted by atomic mass is 10.4. The summed E-state index contributed by atoms with van der Waals surface area (Å²) in [7, 11) is 10.3. The lowest BCUT2D eigenvalue weighted by molar-refractivity contribution is -0.191. The Morgan fingerprint density at radius 2 is 1.39 bits per heavy atom. The van der Waals surface area contributed by atoms with Gasteiger partial charge in [-0.25, -0.2) is 4.79 Å². The number of likely N-dealkylation sites (N-methyl/N-ethyl adjacent to an activating group) is 2. The Kier molecular flexibility index (Phi) is 71.5. The molecule has 0 radical (unpaired) electrons. The zero-order chi connectivity index (χ0) is 40.0. The maximum absolute atomic E-state index is 10.0. The number of hydrogen-bond acceptors (Lipinski definition) is 16. The van der Waals surface area contributed by atoms with E-state index in [-0.39, 0.29) is 32.9 Å². The van der Waals surface area contributed by atoms with Crippen molar-refractivity contribution in [1.82, 2.24) is 20.1 Å². The topological polar surface area (TPSA) is 226 Å². The average molecular weight is 776 g/mol. The van der Waals surface area contributed by atoms with Crippen molar-refractivity contribution in [3.8, 4) is 0 Å². The molecule has 2 fully saturated rings. The summed E-state index contributed by atoms with van der Waals surface area (Å²) in [5, 5.41) is 19.5. The van der Waals surface area contributed by atoms with E-state index in [1.54, 1.807) is 28.4 Å². The first-order chi connectivity index (χ1) is 24.0. The number of ether oxygens (including phenoxy) is 3. The quantitative estimate of drug-likeness (QED) is 0.0838. The van der Waals surface area contributed by atoms with E-state index in [0.717, 1.165) is 59.0 Å². The lowest BCUT2D eigenvalue weighted by Gasteiger charge is -2.15. The smallest absolute Gasteiger partial charge is 0.430 e. The van der Waals surface area contributed by atoms with Gasteiger partial charge in [-0.1, -0.05) is 34.9 Å². The fraction of sp³-hybridized carbons (Fsp3) is 0.788. The Hall–Kier alpha value is -2.19. The number of epoxide rings is 1. The first-order valence-corrected chi connectivity index (χ1v) is 18.1. The molecule has 0 saturated carbocycles. The van der Waals surface area contributed by atoms with E-state index < -0.39 is 6.16 Å². The summed E-state index contributed by atoms with van der Waals surface area (Å²) in [5.41, 5.74) is 11.4. The van der Waals surface area contributed by atoms with Gasteiger partial charge < -0.3 is 55.9 Å². The van der Waals surface area contributed by atoms with E-state index >= 15 is 0 Å². The van der Waals surface area contributed by atoms with E-state index in [9.17, 15) is 4.79 Å². The lowest BCUT2D eigenvalue weighted by Crippen LogP contribution is -2.32. The Bertz CT molecular complexity index is 797. The third kappa shape index (κ3) is 66.6. The zero-order valence-electron chi connectivity index (χ0n) is 32.1. The molecular formula is C33H75N7O9P2. The van der Waals surface area contributed by atoms with Gasteiger partial charge in [-0.2, -0.15) is 9.59 Å². The van der Waals surface area contributed by atoms with Crippen LogP contribution in [-0.2, 0) is 28.4 Å². The van der Waals surface area contributed by atoms with E-state index in [1.165, 1.54) is 12.1 Å². The van der Waals surface area contributed by atoms with Gasteiger partial charge in [0.1, 0.15) is 21.8 Å². The Morgan fingerprint density at radius 3 is 1.61 bits per heavy atom. The molecule has 2 aliphatic rings. The number of aliphatic hydroxyl groups is 2. The van der Waals surface area contributed by atoms with Crippen LogP contribution in [0.1, 0.15) is 48.5 Å². The summed E-state index contributed by atoms with van der Waals surface area (Å²) in [5.74, 6) is 0. The van der Waals surface area contributed by atoms with Gasteiger partial charge in [0, 0.05) is 71.4 Å². The zero-order valence-corrected chi connectivity index (χ0v) is 34.3. The van der Waals surface area contributed by atoms with E-state index in [1.807, 2.05) is 37.8 Å². The van der Waals surface area contributed by atoms with Crippen LogP contribution in [0.4, 0.5) is 10.5 Å². The molecule has 18 heteroatoms. The van der Waals surface area contributed by atoms with Crippen molar-refractivity contribution in [2.75, 3.05) is 118 Å². The van der Waals surface area contributed by atoms with Crippen molar-refractivity contribution < 1.29 is 43.4 Å². The predicted octanol–water partition coefficient (Wildman–Crippen LogP) is 2.25. The molecule has 1 aromatic heterocycles. The van der Waals surface area contributed by atoms with Gasteiger partial charge in [0.25, 0.3) is 0 Å². The molecule has 2 saturated heterocycles. The minimum Gasteiger partial charge on any atom is -0.430 e. The van der Waals surface area contributed by atoms with Crippen LogP contribution in [0.15, 0.2) is 24.5 Å². The first-order valence-electron chi connectivity index (χ1n) is 16.5. The summed E-state index contributed by atoms with van der Waals surface area (Å²) in [6.45, 7) is 22.2. The van der Waals surface area contributed by atoms with Crippen molar-refractivity contribution in [3.05, 3.63) is 24.5 Å². The van der Waals surface area contributed by atoms with Crippen LogP contribution >= 0.6 is 18.4 Å². The molecule has 3 rings (SSSR count). The molecule has 0 bridgehead atoms. The van der Waals surface area contributed by atoms with Crippen molar-refractivity contribution in [1.29, 1.82) is 0 Å². The monoisotopic (exact) mass is 776 g/mol. The molecule has 2 aliphatic heterocycles. The first kappa shape index (κ1) is 63.8. The summed E-state index contributed by atoms with van der Waals surface area (Å²) in [4.78, 5) is 36.6. The highest BCUT2D eigenvalue weighted by Crippen LogP contribution is 2.06. The van der Waals surface area contributed by atoms with Gasteiger partial charge in [-0.05, 0) is 59.1 Å². The van der Waals surface area contributed by atoms with Crippen LogP contribution in [0.2, 0.25) is 0 Å². The Labute approximate surface area is 314 Å². The molecule has 16 nitrogen and oxygen atoms in total. The standard InChI is InChI=1S/C8H21N3.C7H10N2.C6H15NO.C4H6O3.C3H6O.C2H7NO.CO2.CH5P.CH4.HOP/c1-3-5-10-6-8-11(2)7-4-9;1-9(2)7-3-5-8-6-4-7;1-3-7(4-2)5-6-8;1-3-2-6-4(5)7-3;1-3-2-4-3;3-1-2-4;2-1-3;1-2;;1-2/h10H,3-9H2,1-2H3;3-6H,1-2H3;8H,3-6H2,1-2H3;3H,2H2,1H3;3H,2H2,1H3;4H,1-3H2;;2H2,1H3;1H4;2H. The maximum atomic E-state index is 10.0.